The van der Waals surface area contributed by atoms with Crippen LogP contribution in [0.3, 0.4) is 0 Å². The van der Waals surface area contributed by atoms with Crippen molar-refractivity contribution in [1.82, 2.24) is 9.80 Å². The van der Waals surface area contributed by atoms with Crippen LogP contribution in [0.15, 0.2) is 0 Å². The summed E-state index contributed by atoms with van der Waals surface area (Å²) in [6, 6.07) is 3.01. The lowest BCUT2D eigenvalue weighted by Gasteiger charge is -2.30. The van der Waals surface area contributed by atoms with Crippen molar-refractivity contribution in [3.63, 3.8) is 0 Å². The van der Waals surface area contributed by atoms with Crippen LogP contribution in [-0.2, 0) is 0 Å². The van der Waals surface area contributed by atoms with Crippen molar-refractivity contribution in [2.75, 3.05) is 34.2 Å². The number of nitrogens with zero attached hydrogens (tertiary/aromatic N) is 3. The zero-order chi connectivity index (χ0) is 12.7. The molecule has 0 aromatic carbocycles. The van der Waals surface area contributed by atoms with Gasteiger partial charge in [0, 0.05) is 6.04 Å². The van der Waals surface area contributed by atoms with E-state index in [0.29, 0.717) is 6.04 Å². The van der Waals surface area contributed by atoms with E-state index >= 15 is 0 Å². The van der Waals surface area contributed by atoms with Crippen LogP contribution in [-0.4, -0.2) is 50.1 Å². The first-order chi connectivity index (χ1) is 8.15. The van der Waals surface area contributed by atoms with Gasteiger partial charge in [0.2, 0.25) is 0 Å². The topological polar surface area (TPSA) is 30.3 Å². The first kappa shape index (κ1) is 14.5. The second-order valence-corrected chi connectivity index (χ2v) is 5.58. The molecule has 2 unspecified atom stereocenters. The summed E-state index contributed by atoms with van der Waals surface area (Å²) in [6.07, 6.45) is 7.33. The molecule has 98 valence electrons. The maximum Gasteiger partial charge on any atom is 0.0672 e. The van der Waals surface area contributed by atoms with E-state index < -0.39 is 0 Å². The Hall–Kier alpha value is -0.590. The monoisotopic (exact) mass is 237 g/mol. The van der Waals surface area contributed by atoms with Crippen molar-refractivity contribution in [1.29, 1.82) is 5.26 Å². The fraction of sp³-hybridized carbons (Fsp3) is 0.929. The van der Waals surface area contributed by atoms with E-state index in [1.54, 1.807) is 0 Å². The molecule has 0 N–H and O–H groups in total. The number of hydrogen-bond acceptors (Lipinski definition) is 3. The summed E-state index contributed by atoms with van der Waals surface area (Å²) in [6.45, 7) is 2.25. The maximum atomic E-state index is 9.26. The fourth-order valence-corrected chi connectivity index (χ4v) is 2.77. The molecule has 0 heterocycles. The molecule has 0 saturated heterocycles. The minimum absolute atomic E-state index is 0.252. The average molecular weight is 237 g/mol. The second kappa shape index (κ2) is 7.68. The molecule has 1 saturated carbocycles. The third-order valence-electron chi connectivity index (χ3n) is 3.83. The molecule has 0 spiro atoms. The highest BCUT2D eigenvalue weighted by Crippen LogP contribution is 2.26. The molecule has 0 amide bonds. The van der Waals surface area contributed by atoms with Crippen molar-refractivity contribution < 1.29 is 0 Å². The Bertz CT molecular complexity index is 244. The van der Waals surface area contributed by atoms with Gasteiger partial charge in [-0.3, -0.25) is 0 Å². The Balaban J connectivity index is 2.41. The van der Waals surface area contributed by atoms with Gasteiger partial charge in [-0.15, -0.1) is 0 Å². The van der Waals surface area contributed by atoms with E-state index in [9.17, 15) is 5.26 Å². The molecule has 0 aromatic heterocycles. The largest absolute Gasteiger partial charge is 0.309 e. The molecular formula is C14H27N3. The van der Waals surface area contributed by atoms with Gasteiger partial charge < -0.3 is 9.80 Å². The predicted molar refractivity (Wildman–Crippen MR) is 71.8 cm³/mol. The van der Waals surface area contributed by atoms with Crippen molar-refractivity contribution in [2.45, 2.75) is 44.6 Å². The van der Waals surface area contributed by atoms with Crippen LogP contribution in [0, 0.1) is 17.2 Å². The normalized spacial score (nSPS) is 25.9. The zero-order valence-electron chi connectivity index (χ0n) is 11.7. The lowest BCUT2D eigenvalue weighted by molar-refractivity contribution is 0.183. The molecule has 0 aliphatic heterocycles. The van der Waals surface area contributed by atoms with Gasteiger partial charge in [0.05, 0.1) is 12.0 Å². The van der Waals surface area contributed by atoms with E-state index in [1.807, 2.05) is 0 Å². The van der Waals surface area contributed by atoms with Crippen molar-refractivity contribution >= 4 is 0 Å². The highest BCUT2D eigenvalue weighted by molar-refractivity contribution is 4.94. The molecule has 1 aliphatic carbocycles. The highest BCUT2D eigenvalue weighted by Gasteiger charge is 2.26. The summed E-state index contributed by atoms with van der Waals surface area (Å²) >= 11 is 0. The molecule has 3 nitrogen and oxygen atoms in total. The fourth-order valence-electron chi connectivity index (χ4n) is 2.77. The van der Waals surface area contributed by atoms with Gasteiger partial charge in [-0.1, -0.05) is 19.3 Å². The van der Waals surface area contributed by atoms with E-state index in [1.165, 1.54) is 32.1 Å². The molecule has 0 aromatic rings. The first-order valence-corrected chi connectivity index (χ1v) is 6.89. The number of rotatable bonds is 5. The van der Waals surface area contributed by atoms with E-state index in [-0.39, 0.29) is 5.92 Å². The average Bonchev–Trinajstić information content (AvgIpc) is 2.52. The van der Waals surface area contributed by atoms with Crippen LogP contribution in [0.5, 0.6) is 0 Å². The quantitative estimate of drug-likeness (QED) is 0.688. The van der Waals surface area contributed by atoms with Gasteiger partial charge in [-0.05, 0) is 53.5 Å². The molecule has 0 bridgehead atoms. The lowest BCUT2D eigenvalue weighted by Crippen LogP contribution is -2.38. The SMILES string of the molecule is CN(C)CCCN(C)C1CCCCCC1C#N. The molecule has 17 heavy (non-hydrogen) atoms. The van der Waals surface area contributed by atoms with Gasteiger partial charge in [0.15, 0.2) is 0 Å². The van der Waals surface area contributed by atoms with Gasteiger partial charge in [0.25, 0.3) is 0 Å². The summed E-state index contributed by atoms with van der Waals surface area (Å²) in [7, 11) is 6.42. The van der Waals surface area contributed by atoms with E-state index in [4.69, 9.17) is 0 Å². The van der Waals surface area contributed by atoms with Gasteiger partial charge >= 0.3 is 0 Å². The molecule has 3 heteroatoms. The Morgan fingerprint density at radius 1 is 1.06 bits per heavy atom. The zero-order valence-corrected chi connectivity index (χ0v) is 11.7. The molecule has 0 radical (unpaired) electrons. The van der Waals surface area contributed by atoms with Gasteiger partial charge in [-0.2, -0.15) is 5.26 Å². The summed E-state index contributed by atoms with van der Waals surface area (Å²) in [5.74, 6) is 0.252. The minimum atomic E-state index is 0.252. The molecule has 2 atom stereocenters. The first-order valence-electron chi connectivity index (χ1n) is 6.89. The van der Waals surface area contributed by atoms with Crippen LogP contribution < -0.4 is 0 Å². The highest BCUT2D eigenvalue weighted by atomic mass is 15.1. The Morgan fingerprint density at radius 3 is 2.41 bits per heavy atom. The molecule has 1 fully saturated rings. The van der Waals surface area contributed by atoms with Crippen LogP contribution in [0.25, 0.3) is 0 Å². The van der Waals surface area contributed by atoms with Crippen molar-refractivity contribution in [3.05, 3.63) is 0 Å². The second-order valence-electron chi connectivity index (χ2n) is 5.58. The van der Waals surface area contributed by atoms with Crippen LogP contribution >= 0.6 is 0 Å². The number of hydrogen-bond donors (Lipinski definition) is 0. The molecular weight excluding hydrogens is 210 g/mol. The summed E-state index contributed by atoms with van der Waals surface area (Å²) < 4.78 is 0. The van der Waals surface area contributed by atoms with E-state index in [0.717, 1.165) is 19.5 Å². The van der Waals surface area contributed by atoms with Crippen LogP contribution in [0.2, 0.25) is 0 Å². The standard InChI is InChI=1S/C14H27N3/c1-16(2)10-7-11-17(3)14-9-6-4-5-8-13(14)12-15/h13-14H,4-11H2,1-3H3. The summed E-state index contributed by atoms with van der Waals surface area (Å²) in [5.41, 5.74) is 0. The van der Waals surface area contributed by atoms with Crippen LogP contribution in [0.1, 0.15) is 38.5 Å². The van der Waals surface area contributed by atoms with Gasteiger partial charge in [0.1, 0.15) is 0 Å². The third-order valence-corrected chi connectivity index (χ3v) is 3.83. The number of nitriles is 1. The summed E-state index contributed by atoms with van der Waals surface area (Å²) in [5, 5.41) is 9.26. The predicted octanol–water partition coefficient (Wildman–Crippen LogP) is 2.34. The molecule has 1 aliphatic rings. The van der Waals surface area contributed by atoms with Gasteiger partial charge in [-0.25, -0.2) is 0 Å². The Kier molecular flexibility index (Phi) is 6.54. The van der Waals surface area contributed by atoms with Crippen molar-refractivity contribution in [2.24, 2.45) is 5.92 Å². The lowest BCUT2D eigenvalue weighted by atomic mass is 9.95. The maximum absolute atomic E-state index is 9.26. The van der Waals surface area contributed by atoms with Crippen molar-refractivity contribution in [3.8, 4) is 6.07 Å². The summed E-state index contributed by atoms with van der Waals surface area (Å²) in [4.78, 5) is 4.64. The third kappa shape index (κ3) is 5.06. The van der Waals surface area contributed by atoms with E-state index in [2.05, 4.69) is 37.0 Å². The smallest absolute Gasteiger partial charge is 0.0672 e. The van der Waals surface area contributed by atoms with Crippen LogP contribution in [0.4, 0.5) is 0 Å². The minimum Gasteiger partial charge on any atom is -0.309 e. The Morgan fingerprint density at radius 2 is 1.76 bits per heavy atom. The molecule has 1 rings (SSSR count). The Labute approximate surface area is 106 Å².